The molecule has 7 nitrogen and oxygen atoms in total. The lowest BCUT2D eigenvalue weighted by Crippen LogP contribution is -2.56. The number of carbonyl (C=O) groups is 2. The van der Waals surface area contributed by atoms with Gasteiger partial charge in [-0.05, 0) is 6.92 Å². The highest BCUT2D eigenvalue weighted by Gasteiger charge is 2.30. The van der Waals surface area contributed by atoms with Gasteiger partial charge in [0, 0.05) is 13.1 Å². The van der Waals surface area contributed by atoms with Crippen LogP contribution in [-0.2, 0) is 14.3 Å². The van der Waals surface area contributed by atoms with Crippen LogP contribution in [0.5, 0.6) is 0 Å². The van der Waals surface area contributed by atoms with Crippen molar-refractivity contribution in [3.8, 4) is 0 Å². The minimum absolute atomic E-state index is 0.113. The van der Waals surface area contributed by atoms with Gasteiger partial charge in [0.2, 0.25) is 11.8 Å². The number of hydrazine groups is 1. The van der Waals surface area contributed by atoms with E-state index >= 15 is 0 Å². The lowest BCUT2D eigenvalue weighted by atomic mass is 10.2. The fraction of sp³-hybridized carbons (Fsp3) is 0.778. The number of nitrogens with zero attached hydrogens (tertiary/aromatic N) is 1. The molecule has 0 saturated carbocycles. The molecule has 1 fully saturated rings. The summed E-state index contributed by atoms with van der Waals surface area (Å²) in [5.74, 6) is 4.58. The summed E-state index contributed by atoms with van der Waals surface area (Å²) >= 11 is 0. The molecule has 1 atom stereocenters. The molecule has 1 unspecified atom stereocenters. The summed E-state index contributed by atoms with van der Waals surface area (Å²) in [5.41, 5.74) is 2.05. The number of nitrogens with two attached hydrogens (primary N) is 1. The van der Waals surface area contributed by atoms with E-state index in [2.05, 4.69) is 10.7 Å². The van der Waals surface area contributed by atoms with Crippen molar-refractivity contribution in [2.75, 3.05) is 32.8 Å². The molecule has 1 rings (SSSR count). The van der Waals surface area contributed by atoms with Crippen molar-refractivity contribution >= 4 is 11.8 Å². The fourth-order valence-electron chi connectivity index (χ4n) is 1.59. The third-order valence-corrected chi connectivity index (χ3v) is 2.40. The molecule has 0 aromatic heterocycles. The highest BCUT2D eigenvalue weighted by Crippen LogP contribution is 2.06. The van der Waals surface area contributed by atoms with Crippen LogP contribution in [0.15, 0.2) is 0 Å². The molecule has 16 heavy (non-hydrogen) atoms. The molecule has 0 aliphatic carbocycles. The van der Waals surface area contributed by atoms with Crippen molar-refractivity contribution in [3.05, 3.63) is 0 Å². The van der Waals surface area contributed by atoms with E-state index in [4.69, 9.17) is 10.6 Å². The van der Waals surface area contributed by atoms with Gasteiger partial charge in [-0.25, -0.2) is 5.84 Å². The monoisotopic (exact) mass is 230 g/mol. The molecular formula is C9H18N4O3. The van der Waals surface area contributed by atoms with Gasteiger partial charge < -0.3 is 10.1 Å². The lowest BCUT2D eigenvalue weighted by Gasteiger charge is -2.33. The molecule has 2 amide bonds. The molecular weight excluding hydrogens is 212 g/mol. The number of hydrogen-bond acceptors (Lipinski definition) is 5. The number of nitrogens with one attached hydrogen (secondary N) is 2. The van der Waals surface area contributed by atoms with Crippen LogP contribution in [0, 0.1) is 0 Å². The first-order valence-corrected chi connectivity index (χ1v) is 5.28. The highest BCUT2D eigenvalue weighted by molar-refractivity contribution is 5.83. The van der Waals surface area contributed by atoms with E-state index in [0.717, 1.165) is 0 Å². The summed E-state index contributed by atoms with van der Waals surface area (Å²) in [4.78, 5) is 24.6. The molecule has 7 heteroatoms. The van der Waals surface area contributed by atoms with Crippen LogP contribution in [0.1, 0.15) is 6.92 Å². The average molecular weight is 230 g/mol. The van der Waals surface area contributed by atoms with E-state index < -0.39 is 6.04 Å². The Morgan fingerprint density at radius 1 is 1.56 bits per heavy atom. The first-order chi connectivity index (χ1) is 7.69. The standard InChI is InChI=1S/C9H18N4O3/c1-2-11-9(15)7-6-16-4-3-13(7)5-8(14)12-10/h7H,2-6,10H2,1H3,(H,11,15)(H,12,14). The van der Waals surface area contributed by atoms with Gasteiger partial charge in [0.05, 0.1) is 19.8 Å². The molecule has 0 radical (unpaired) electrons. The van der Waals surface area contributed by atoms with Crippen LogP contribution in [0.3, 0.4) is 0 Å². The highest BCUT2D eigenvalue weighted by atomic mass is 16.5. The van der Waals surface area contributed by atoms with Gasteiger partial charge in [-0.15, -0.1) is 0 Å². The van der Waals surface area contributed by atoms with E-state index in [0.29, 0.717) is 26.3 Å². The smallest absolute Gasteiger partial charge is 0.248 e. The van der Waals surface area contributed by atoms with Gasteiger partial charge in [0.1, 0.15) is 6.04 Å². The second-order valence-corrected chi connectivity index (χ2v) is 3.52. The molecule has 4 N–H and O–H groups in total. The number of rotatable bonds is 4. The number of amides is 2. The zero-order chi connectivity index (χ0) is 12.0. The maximum atomic E-state index is 11.7. The fourth-order valence-corrected chi connectivity index (χ4v) is 1.59. The van der Waals surface area contributed by atoms with Gasteiger partial charge in [0.15, 0.2) is 0 Å². The van der Waals surface area contributed by atoms with E-state index in [1.54, 1.807) is 4.90 Å². The van der Waals surface area contributed by atoms with Gasteiger partial charge in [-0.2, -0.15) is 0 Å². The Kier molecular flexibility index (Phi) is 5.17. The molecule has 1 aliphatic rings. The molecule has 1 saturated heterocycles. The Bertz CT molecular complexity index is 259. The van der Waals surface area contributed by atoms with Gasteiger partial charge in [-0.3, -0.25) is 19.9 Å². The largest absolute Gasteiger partial charge is 0.378 e. The summed E-state index contributed by atoms with van der Waals surface area (Å²) in [6.45, 7) is 3.90. The van der Waals surface area contributed by atoms with Crippen LogP contribution in [0.2, 0.25) is 0 Å². The van der Waals surface area contributed by atoms with E-state index in [-0.39, 0.29) is 18.4 Å². The second kappa shape index (κ2) is 6.41. The number of morpholine rings is 1. The summed E-state index contributed by atoms with van der Waals surface area (Å²) in [7, 11) is 0. The summed E-state index contributed by atoms with van der Waals surface area (Å²) < 4.78 is 5.23. The predicted octanol–water partition coefficient (Wildman–Crippen LogP) is -2.19. The number of ether oxygens (including phenoxy) is 1. The minimum atomic E-state index is -0.411. The zero-order valence-electron chi connectivity index (χ0n) is 9.36. The summed E-state index contributed by atoms with van der Waals surface area (Å²) in [5, 5.41) is 2.71. The summed E-state index contributed by atoms with van der Waals surface area (Å²) in [6, 6.07) is -0.411. The van der Waals surface area contributed by atoms with Gasteiger partial charge >= 0.3 is 0 Å². The minimum Gasteiger partial charge on any atom is -0.378 e. The molecule has 0 bridgehead atoms. The van der Waals surface area contributed by atoms with Gasteiger partial charge in [-0.1, -0.05) is 0 Å². The van der Waals surface area contributed by atoms with Crippen molar-refractivity contribution in [2.24, 2.45) is 5.84 Å². The van der Waals surface area contributed by atoms with Crippen LogP contribution in [-0.4, -0.2) is 55.6 Å². The van der Waals surface area contributed by atoms with Crippen molar-refractivity contribution in [3.63, 3.8) is 0 Å². The molecule has 92 valence electrons. The van der Waals surface area contributed by atoms with Crippen LogP contribution in [0.25, 0.3) is 0 Å². The lowest BCUT2D eigenvalue weighted by molar-refractivity contribution is -0.135. The van der Waals surface area contributed by atoms with E-state index in [1.165, 1.54) is 0 Å². The van der Waals surface area contributed by atoms with Crippen LogP contribution < -0.4 is 16.6 Å². The third kappa shape index (κ3) is 3.44. The molecule has 0 aromatic rings. The maximum Gasteiger partial charge on any atom is 0.248 e. The van der Waals surface area contributed by atoms with Crippen molar-refractivity contribution in [1.82, 2.24) is 15.6 Å². The Morgan fingerprint density at radius 2 is 2.31 bits per heavy atom. The quantitative estimate of drug-likeness (QED) is 0.290. The first kappa shape index (κ1) is 12.9. The zero-order valence-corrected chi connectivity index (χ0v) is 9.36. The van der Waals surface area contributed by atoms with Crippen molar-refractivity contribution in [1.29, 1.82) is 0 Å². The Balaban J connectivity index is 2.56. The Labute approximate surface area is 94.3 Å². The van der Waals surface area contributed by atoms with Crippen molar-refractivity contribution in [2.45, 2.75) is 13.0 Å². The third-order valence-electron chi connectivity index (χ3n) is 2.40. The normalized spacial score (nSPS) is 21.5. The van der Waals surface area contributed by atoms with Crippen LogP contribution >= 0.6 is 0 Å². The number of likely N-dealkylation sites (N-methyl/N-ethyl adjacent to an activating group) is 1. The average Bonchev–Trinajstić information content (AvgIpc) is 2.30. The van der Waals surface area contributed by atoms with Crippen molar-refractivity contribution < 1.29 is 14.3 Å². The maximum absolute atomic E-state index is 11.7. The second-order valence-electron chi connectivity index (χ2n) is 3.52. The molecule has 1 heterocycles. The topological polar surface area (TPSA) is 96.7 Å². The SMILES string of the molecule is CCNC(=O)C1COCCN1CC(=O)NN. The molecule has 1 aliphatic heterocycles. The Hall–Kier alpha value is -1.18. The predicted molar refractivity (Wildman–Crippen MR) is 57.2 cm³/mol. The van der Waals surface area contributed by atoms with Gasteiger partial charge in [0.25, 0.3) is 0 Å². The number of hydrogen-bond donors (Lipinski definition) is 3. The number of carbonyl (C=O) groups excluding carboxylic acids is 2. The summed E-state index contributed by atoms with van der Waals surface area (Å²) in [6.07, 6.45) is 0. The molecule has 0 aromatic carbocycles. The van der Waals surface area contributed by atoms with E-state index in [1.807, 2.05) is 6.92 Å². The van der Waals surface area contributed by atoms with E-state index in [9.17, 15) is 9.59 Å². The molecule has 0 spiro atoms. The Morgan fingerprint density at radius 3 is 2.94 bits per heavy atom. The van der Waals surface area contributed by atoms with Crippen LogP contribution in [0.4, 0.5) is 0 Å². The first-order valence-electron chi connectivity index (χ1n) is 5.28.